The minimum atomic E-state index is -0.358. The summed E-state index contributed by atoms with van der Waals surface area (Å²) in [7, 11) is 0. The van der Waals surface area contributed by atoms with E-state index in [1.54, 1.807) is 19.1 Å². The van der Waals surface area contributed by atoms with Crippen molar-refractivity contribution in [2.24, 2.45) is 0 Å². The van der Waals surface area contributed by atoms with Gasteiger partial charge in [0.2, 0.25) is 0 Å². The van der Waals surface area contributed by atoms with Crippen molar-refractivity contribution in [3.8, 4) is 11.8 Å². The topological polar surface area (TPSA) is 81.3 Å². The van der Waals surface area contributed by atoms with Crippen LogP contribution in [0.15, 0.2) is 18.2 Å². The highest BCUT2D eigenvalue weighted by Crippen LogP contribution is 2.30. The lowest BCUT2D eigenvalue weighted by molar-refractivity contribution is -0.120. The number of carbonyl (C=O) groups is 2. The van der Waals surface area contributed by atoms with Gasteiger partial charge in [0.15, 0.2) is 5.78 Å². The van der Waals surface area contributed by atoms with Gasteiger partial charge < -0.3 is 14.0 Å². The molecule has 0 N–H and O–H groups in total. The van der Waals surface area contributed by atoms with Gasteiger partial charge in [0, 0.05) is 23.1 Å². The number of ketones is 1. The third-order valence-electron chi connectivity index (χ3n) is 4.19. The number of nitriles is 1. The van der Waals surface area contributed by atoms with Gasteiger partial charge in [0.25, 0.3) is 0 Å². The van der Waals surface area contributed by atoms with Crippen molar-refractivity contribution < 1.29 is 19.1 Å². The average Bonchev–Trinajstić information content (AvgIpc) is 2.89. The smallest absolute Gasteiger partial charge is 0.340 e. The van der Waals surface area contributed by atoms with Crippen LogP contribution in [0.1, 0.15) is 49.2 Å². The molecular weight excluding hydrogens is 332 g/mol. The molecule has 0 spiro atoms. The van der Waals surface area contributed by atoms with Crippen LogP contribution in [0.5, 0.6) is 5.75 Å². The van der Waals surface area contributed by atoms with Gasteiger partial charge in [-0.3, -0.25) is 4.79 Å². The van der Waals surface area contributed by atoms with Crippen molar-refractivity contribution in [1.82, 2.24) is 4.57 Å². The number of ether oxygens (including phenoxy) is 2. The van der Waals surface area contributed by atoms with E-state index < -0.39 is 0 Å². The number of benzene rings is 1. The third kappa shape index (κ3) is 4.23. The molecule has 0 saturated heterocycles. The third-order valence-corrected chi connectivity index (χ3v) is 4.19. The molecule has 0 radical (unpaired) electrons. The number of aryl methyl sites for hydroxylation is 1. The molecule has 1 aromatic carbocycles. The summed E-state index contributed by atoms with van der Waals surface area (Å²) in [5.41, 5.74) is 2.34. The summed E-state index contributed by atoms with van der Waals surface area (Å²) in [6.07, 6.45) is 1.88. The number of nitrogens with zero attached hydrogens (tertiary/aromatic N) is 2. The first kappa shape index (κ1) is 19.5. The summed E-state index contributed by atoms with van der Waals surface area (Å²) in [5.74, 6) is -0.153. The summed E-state index contributed by atoms with van der Waals surface area (Å²) >= 11 is 0. The highest BCUT2D eigenvalue weighted by molar-refractivity contribution is 6.06. The lowest BCUT2D eigenvalue weighted by atomic mass is 10.1. The zero-order valence-electron chi connectivity index (χ0n) is 15.5. The number of esters is 1. The molecule has 0 bridgehead atoms. The fourth-order valence-electron chi connectivity index (χ4n) is 2.92. The molecule has 0 aliphatic carbocycles. The highest BCUT2D eigenvalue weighted by atomic mass is 16.5. The largest absolute Gasteiger partial charge is 0.486 e. The molecule has 0 fully saturated rings. The van der Waals surface area contributed by atoms with Gasteiger partial charge in [-0.2, -0.15) is 5.26 Å². The number of carbonyl (C=O) groups excluding carboxylic acids is 2. The molecular formula is C20H24N2O4. The Kier molecular flexibility index (Phi) is 6.79. The molecule has 0 aliphatic rings. The Morgan fingerprint density at radius 1 is 1.27 bits per heavy atom. The monoisotopic (exact) mass is 356 g/mol. The second-order valence-corrected chi connectivity index (χ2v) is 6.03. The predicted octanol–water partition coefficient (Wildman–Crippen LogP) is 3.79. The molecule has 2 aromatic rings. The zero-order valence-corrected chi connectivity index (χ0v) is 15.5. The van der Waals surface area contributed by atoms with E-state index in [-0.39, 0.29) is 24.8 Å². The van der Waals surface area contributed by atoms with E-state index in [4.69, 9.17) is 14.7 Å². The number of hydrogen-bond acceptors (Lipinski definition) is 5. The average molecular weight is 356 g/mol. The molecule has 0 atom stereocenters. The molecule has 0 unspecified atom stereocenters. The van der Waals surface area contributed by atoms with Crippen molar-refractivity contribution in [1.29, 1.82) is 5.26 Å². The van der Waals surface area contributed by atoms with E-state index in [2.05, 4.69) is 11.5 Å². The van der Waals surface area contributed by atoms with Gasteiger partial charge in [-0.05, 0) is 38.5 Å². The lowest BCUT2D eigenvalue weighted by Crippen LogP contribution is -2.10. The number of rotatable bonds is 9. The fraction of sp³-hybridized carbons (Fsp3) is 0.450. The molecule has 1 aromatic heterocycles. The molecule has 1 heterocycles. The van der Waals surface area contributed by atoms with E-state index >= 15 is 0 Å². The summed E-state index contributed by atoms with van der Waals surface area (Å²) in [6.45, 7) is 6.77. The van der Waals surface area contributed by atoms with Crippen LogP contribution in [0.25, 0.3) is 10.9 Å². The van der Waals surface area contributed by atoms with Crippen molar-refractivity contribution in [3.63, 3.8) is 0 Å². The maximum atomic E-state index is 12.5. The van der Waals surface area contributed by atoms with Gasteiger partial charge in [0.1, 0.15) is 12.4 Å². The number of aromatic nitrogens is 1. The molecule has 0 aliphatic heterocycles. The minimum absolute atomic E-state index is 0.163. The maximum Gasteiger partial charge on any atom is 0.340 e. The fourth-order valence-corrected chi connectivity index (χ4v) is 2.92. The van der Waals surface area contributed by atoms with E-state index in [0.717, 1.165) is 36.0 Å². The van der Waals surface area contributed by atoms with E-state index in [0.29, 0.717) is 17.9 Å². The SMILES string of the molecule is CCCCn1c(C)c(C(=O)OCC)c2cc(OCC(=O)CC#N)ccc21. The zero-order chi connectivity index (χ0) is 19.1. The normalized spacial score (nSPS) is 10.5. The second-order valence-electron chi connectivity index (χ2n) is 6.03. The minimum Gasteiger partial charge on any atom is -0.486 e. The first-order valence-electron chi connectivity index (χ1n) is 8.84. The Morgan fingerprint density at radius 3 is 2.69 bits per heavy atom. The Morgan fingerprint density at radius 2 is 2.04 bits per heavy atom. The molecule has 0 saturated carbocycles. The molecule has 0 amide bonds. The van der Waals surface area contributed by atoms with Crippen LogP contribution in [0.2, 0.25) is 0 Å². The van der Waals surface area contributed by atoms with Gasteiger partial charge in [0.05, 0.1) is 24.7 Å². The summed E-state index contributed by atoms with van der Waals surface area (Å²) in [5, 5.41) is 9.30. The highest BCUT2D eigenvalue weighted by Gasteiger charge is 2.21. The van der Waals surface area contributed by atoms with Crippen molar-refractivity contribution in [3.05, 3.63) is 29.5 Å². The van der Waals surface area contributed by atoms with E-state index in [1.807, 2.05) is 19.1 Å². The molecule has 138 valence electrons. The summed E-state index contributed by atoms with van der Waals surface area (Å²) < 4.78 is 12.8. The number of Topliss-reactive ketones (excluding diaryl/α,β-unsaturated/α-hetero) is 1. The van der Waals surface area contributed by atoms with Crippen LogP contribution in [0.4, 0.5) is 0 Å². The second kappa shape index (κ2) is 9.04. The predicted molar refractivity (Wildman–Crippen MR) is 98.3 cm³/mol. The lowest BCUT2D eigenvalue weighted by Gasteiger charge is -2.08. The molecule has 6 nitrogen and oxygen atoms in total. The Balaban J connectivity index is 2.43. The number of unbranched alkanes of at least 4 members (excludes halogenated alkanes) is 1. The summed E-state index contributed by atoms with van der Waals surface area (Å²) in [6, 6.07) is 7.24. The van der Waals surface area contributed by atoms with Crippen LogP contribution in [0, 0.1) is 18.3 Å². The van der Waals surface area contributed by atoms with E-state index in [9.17, 15) is 9.59 Å². The molecule has 26 heavy (non-hydrogen) atoms. The Bertz CT molecular complexity index is 846. The first-order valence-corrected chi connectivity index (χ1v) is 8.84. The molecule has 6 heteroatoms. The number of hydrogen-bond donors (Lipinski definition) is 0. The van der Waals surface area contributed by atoms with Crippen LogP contribution in [-0.4, -0.2) is 29.5 Å². The van der Waals surface area contributed by atoms with Crippen LogP contribution >= 0.6 is 0 Å². The first-order chi connectivity index (χ1) is 12.5. The summed E-state index contributed by atoms with van der Waals surface area (Å²) in [4.78, 5) is 24.0. The van der Waals surface area contributed by atoms with E-state index in [1.165, 1.54) is 0 Å². The van der Waals surface area contributed by atoms with Gasteiger partial charge in [-0.1, -0.05) is 13.3 Å². The van der Waals surface area contributed by atoms with Gasteiger partial charge in [-0.15, -0.1) is 0 Å². The van der Waals surface area contributed by atoms with Gasteiger partial charge >= 0.3 is 5.97 Å². The van der Waals surface area contributed by atoms with Crippen molar-refractivity contribution in [2.45, 2.75) is 46.6 Å². The van der Waals surface area contributed by atoms with Crippen LogP contribution in [0.3, 0.4) is 0 Å². The van der Waals surface area contributed by atoms with Crippen molar-refractivity contribution >= 4 is 22.7 Å². The Hall–Kier alpha value is -2.81. The van der Waals surface area contributed by atoms with Gasteiger partial charge in [-0.25, -0.2) is 4.79 Å². The van der Waals surface area contributed by atoms with Crippen molar-refractivity contribution in [2.75, 3.05) is 13.2 Å². The quantitative estimate of drug-likeness (QED) is 0.639. The molecule has 2 rings (SSSR count). The van der Waals surface area contributed by atoms with Crippen LogP contribution in [-0.2, 0) is 16.1 Å². The standard InChI is InChI=1S/C20H24N2O4/c1-4-6-11-22-14(3)19(20(24)25-5-2)17-12-16(7-8-18(17)22)26-13-15(23)9-10-21/h7-8,12H,4-6,9,11,13H2,1-3H3. The van der Waals surface area contributed by atoms with Crippen LogP contribution < -0.4 is 4.74 Å². The maximum absolute atomic E-state index is 12.5. The number of fused-ring (bicyclic) bond motifs is 1. The Labute approximate surface area is 153 Å².